The summed E-state index contributed by atoms with van der Waals surface area (Å²) in [6, 6.07) is 1.62. The SMILES string of the molecule is N#CC(C1CCC(=NOCC(=O)O)CC1)S(=O)(=O)CCC(F)(F)F. The molecule has 1 unspecified atom stereocenters. The number of nitriles is 1. The van der Waals surface area contributed by atoms with Crippen LogP contribution in [0.2, 0.25) is 0 Å². The highest BCUT2D eigenvalue weighted by atomic mass is 32.2. The van der Waals surface area contributed by atoms with Crippen LogP contribution < -0.4 is 0 Å². The summed E-state index contributed by atoms with van der Waals surface area (Å²) in [5.41, 5.74) is 0.539. The van der Waals surface area contributed by atoms with Crippen molar-refractivity contribution in [1.82, 2.24) is 0 Å². The van der Waals surface area contributed by atoms with Gasteiger partial charge in [0.15, 0.2) is 15.1 Å². The lowest BCUT2D eigenvalue weighted by molar-refractivity contribution is -0.142. The van der Waals surface area contributed by atoms with Crippen molar-refractivity contribution in [3.63, 3.8) is 0 Å². The Bertz CT molecular complexity index is 614. The number of aliphatic carboxylic acids is 1. The van der Waals surface area contributed by atoms with Crippen molar-refractivity contribution in [3.8, 4) is 6.07 Å². The minimum atomic E-state index is -4.60. The molecule has 1 fully saturated rings. The van der Waals surface area contributed by atoms with Gasteiger partial charge in [-0.3, -0.25) is 0 Å². The summed E-state index contributed by atoms with van der Waals surface area (Å²) >= 11 is 0. The van der Waals surface area contributed by atoms with Gasteiger partial charge >= 0.3 is 12.1 Å². The number of hydrogen-bond donors (Lipinski definition) is 1. The Hall–Kier alpha value is -1.83. The first kappa shape index (κ1) is 20.2. The van der Waals surface area contributed by atoms with Crippen molar-refractivity contribution in [1.29, 1.82) is 5.26 Å². The van der Waals surface area contributed by atoms with E-state index in [2.05, 4.69) is 9.99 Å². The second-order valence-electron chi connectivity index (χ2n) is 5.44. The minimum absolute atomic E-state index is 0.263. The predicted octanol–water partition coefficient (Wildman–Crippen LogP) is 1.89. The number of carboxylic acid groups (broad SMARTS) is 1. The molecule has 1 N–H and O–H groups in total. The first-order valence-corrected chi connectivity index (χ1v) is 8.84. The van der Waals surface area contributed by atoms with Gasteiger partial charge in [0.05, 0.1) is 24.0 Å². The van der Waals surface area contributed by atoms with Crippen LogP contribution in [0.1, 0.15) is 32.1 Å². The van der Waals surface area contributed by atoms with Crippen LogP contribution in [0.5, 0.6) is 0 Å². The molecule has 0 amide bonds. The number of sulfone groups is 1. The van der Waals surface area contributed by atoms with E-state index >= 15 is 0 Å². The van der Waals surface area contributed by atoms with Crippen molar-refractivity contribution in [2.75, 3.05) is 12.4 Å². The van der Waals surface area contributed by atoms with Gasteiger partial charge < -0.3 is 9.94 Å². The molecule has 1 aliphatic carbocycles. The molecular formula is C13H17F3N2O5S. The molecule has 0 saturated heterocycles. The number of rotatable bonds is 7. The number of carbonyl (C=O) groups is 1. The van der Waals surface area contributed by atoms with Crippen LogP contribution in [0, 0.1) is 17.2 Å². The third-order valence-corrected chi connectivity index (χ3v) is 5.64. The van der Waals surface area contributed by atoms with Crippen LogP contribution in [0.25, 0.3) is 0 Å². The van der Waals surface area contributed by atoms with Crippen molar-refractivity contribution in [2.24, 2.45) is 11.1 Å². The van der Waals surface area contributed by atoms with Crippen LogP contribution in [0.3, 0.4) is 0 Å². The number of hydrogen-bond acceptors (Lipinski definition) is 6. The second-order valence-corrected chi connectivity index (χ2v) is 7.69. The van der Waals surface area contributed by atoms with E-state index in [0.717, 1.165) is 0 Å². The summed E-state index contributed by atoms with van der Waals surface area (Å²) in [6.45, 7) is -0.598. The Morgan fingerprint density at radius 1 is 1.42 bits per heavy atom. The predicted molar refractivity (Wildman–Crippen MR) is 76.8 cm³/mol. The van der Waals surface area contributed by atoms with Gasteiger partial charge in [0.1, 0.15) is 0 Å². The fourth-order valence-corrected chi connectivity index (χ4v) is 4.20. The Kier molecular flexibility index (Phi) is 7.01. The summed E-state index contributed by atoms with van der Waals surface area (Å²) in [4.78, 5) is 14.9. The first-order chi connectivity index (χ1) is 11.0. The number of alkyl halides is 3. The fourth-order valence-electron chi connectivity index (χ4n) is 2.41. The number of oxime groups is 1. The first-order valence-electron chi connectivity index (χ1n) is 7.12. The van der Waals surface area contributed by atoms with Gasteiger partial charge in [0.25, 0.3) is 0 Å². The Balaban J connectivity index is 2.63. The average Bonchev–Trinajstić information content (AvgIpc) is 2.46. The zero-order valence-electron chi connectivity index (χ0n) is 12.6. The molecule has 0 bridgehead atoms. The number of nitrogens with zero attached hydrogens (tertiary/aromatic N) is 2. The van der Waals surface area contributed by atoms with Crippen molar-refractivity contribution in [2.45, 2.75) is 43.5 Å². The lowest BCUT2D eigenvalue weighted by Gasteiger charge is -2.26. The summed E-state index contributed by atoms with van der Waals surface area (Å²) in [5.74, 6) is -2.87. The molecule has 11 heteroatoms. The van der Waals surface area contributed by atoms with E-state index in [0.29, 0.717) is 18.6 Å². The van der Waals surface area contributed by atoms with Crippen LogP contribution in [0.15, 0.2) is 5.16 Å². The monoisotopic (exact) mass is 370 g/mol. The largest absolute Gasteiger partial charge is 0.479 e. The molecule has 1 atom stereocenters. The molecule has 1 aliphatic rings. The highest BCUT2D eigenvalue weighted by Crippen LogP contribution is 2.30. The highest BCUT2D eigenvalue weighted by Gasteiger charge is 2.38. The summed E-state index contributed by atoms with van der Waals surface area (Å²) in [5, 5.41) is 19.6. The Morgan fingerprint density at radius 3 is 2.46 bits per heavy atom. The lowest BCUT2D eigenvalue weighted by Crippen LogP contribution is -2.34. The zero-order chi connectivity index (χ0) is 18.4. The maximum absolute atomic E-state index is 12.2. The van der Waals surface area contributed by atoms with Gasteiger partial charge in [0.2, 0.25) is 6.61 Å². The van der Waals surface area contributed by atoms with E-state index < -0.39 is 51.9 Å². The third kappa shape index (κ3) is 6.74. The standard InChI is InChI=1S/C13H17F3N2O5S/c14-13(15,16)5-6-24(21,22)11(7-17)9-1-3-10(4-2-9)18-23-8-12(19)20/h9,11H,1-6,8H2,(H,19,20). The third-order valence-electron chi connectivity index (χ3n) is 3.60. The second kappa shape index (κ2) is 8.32. The molecule has 1 rings (SSSR count). The van der Waals surface area contributed by atoms with E-state index in [4.69, 9.17) is 10.4 Å². The lowest BCUT2D eigenvalue weighted by atomic mass is 9.86. The van der Waals surface area contributed by atoms with Crippen molar-refractivity contribution in [3.05, 3.63) is 0 Å². The van der Waals surface area contributed by atoms with E-state index in [9.17, 15) is 26.4 Å². The molecular weight excluding hydrogens is 353 g/mol. The van der Waals surface area contributed by atoms with E-state index in [1.165, 1.54) is 0 Å². The quantitative estimate of drug-likeness (QED) is 0.684. The van der Waals surface area contributed by atoms with Crippen LogP contribution in [-0.4, -0.2) is 49.0 Å². The summed E-state index contributed by atoms with van der Waals surface area (Å²) < 4.78 is 60.6. The van der Waals surface area contributed by atoms with Crippen molar-refractivity contribution >= 4 is 21.5 Å². The molecule has 24 heavy (non-hydrogen) atoms. The van der Waals surface area contributed by atoms with Crippen LogP contribution in [-0.2, 0) is 19.5 Å². The smallest absolute Gasteiger partial charge is 0.390 e. The normalized spacial score (nSPS) is 20.1. The van der Waals surface area contributed by atoms with Gasteiger partial charge in [-0.15, -0.1) is 0 Å². The molecule has 0 radical (unpaired) electrons. The number of halogens is 3. The minimum Gasteiger partial charge on any atom is -0.479 e. The number of carboxylic acids is 1. The molecule has 0 aliphatic heterocycles. The van der Waals surface area contributed by atoms with E-state index in [1.807, 2.05) is 0 Å². The molecule has 7 nitrogen and oxygen atoms in total. The van der Waals surface area contributed by atoms with Crippen LogP contribution >= 0.6 is 0 Å². The molecule has 0 aromatic rings. The van der Waals surface area contributed by atoms with E-state index in [1.54, 1.807) is 6.07 Å². The van der Waals surface area contributed by atoms with Gasteiger partial charge in [0, 0.05) is 0 Å². The van der Waals surface area contributed by atoms with Gasteiger partial charge in [-0.1, -0.05) is 5.16 Å². The summed E-state index contributed by atoms with van der Waals surface area (Å²) in [6.07, 6.45) is -4.94. The van der Waals surface area contributed by atoms with Crippen LogP contribution in [0.4, 0.5) is 13.2 Å². The Labute approximate surface area is 137 Å². The highest BCUT2D eigenvalue weighted by molar-refractivity contribution is 7.92. The maximum Gasteiger partial charge on any atom is 0.390 e. The zero-order valence-corrected chi connectivity index (χ0v) is 13.4. The average molecular weight is 370 g/mol. The molecule has 0 aromatic carbocycles. The topological polar surface area (TPSA) is 117 Å². The van der Waals surface area contributed by atoms with Gasteiger partial charge in [-0.25, -0.2) is 13.2 Å². The van der Waals surface area contributed by atoms with Crippen molar-refractivity contribution < 1.29 is 36.3 Å². The van der Waals surface area contributed by atoms with Gasteiger partial charge in [-0.05, 0) is 31.6 Å². The van der Waals surface area contributed by atoms with E-state index in [-0.39, 0.29) is 12.8 Å². The summed E-state index contributed by atoms with van der Waals surface area (Å²) in [7, 11) is -4.18. The Morgan fingerprint density at radius 2 is 2.00 bits per heavy atom. The molecule has 0 heterocycles. The maximum atomic E-state index is 12.2. The molecule has 0 aromatic heterocycles. The molecule has 0 spiro atoms. The van der Waals surface area contributed by atoms with Gasteiger partial charge in [-0.2, -0.15) is 18.4 Å². The fraction of sp³-hybridized carbons (Fsp3) is 0.769. The molecule has 1 saturated carbocycles. The molecule has 136 valence electrons.